The van der Waals surface area contributed by atoms with Crippen LogP contribution in [0.1, 0.15) is 90.2 Å². The van der Waals surface area contributed by atoms with Gasteiger partial charge < -0.3 is 64.0 Å². The summed E-state index contributed by atoms with van der Waals surface area (Å²) in [6.07, 6.45) is -13.2. The molecular formula is C47H61NO18. The summed E-state index contributed by atoms with van der Waals surface area (Å²) in [5, 5.41) is 62.4. The van der Waals surface area contributed by atoms with E-state index >= 15 is 0 Å². The highest BCUT2D eigenvalue weighted by atomic mass is 16.6. The van der Waals surface area contributed by atoms with Gasteiger partial charge in [-0.15, -0.1) is 0 Å². The molecule has 0 spiro atoms. The number of nitrogens with one attached hydrogen (secondary N) is 1. The minimum atomic E-state index is -2.37. The van der Waals surface area contributed by atoms with Gasteiger partial charge in [-0.3, -0.25) is 4.79 Å². The molecule has 19 heteroatoms. The zero-order chi connectivity index (χ0) is 48.7. The van der Waals surface area contributed by atoms with Crippen LogP contribution in [0.15, 0.2) is 60.7 Å². The van der Waals surface area contributed by atoms with E-state index in [9.17, 15) is 49.2 Å². The molecule has 19 nitrogen and oxygen atoms in total. The predicted molar refractivity (Wildman–Crippen MR) is 227 cm³/mol. The van der Waals surface area contributed by atoms with Crippen molar-refractivity contribution >= 4 is 35.9 Å². The summed E-state index contributed by atoms with van der Waals surface area (Å²) >= 11 is 0. The van der Waals surface area contributed by atoms with Crippen molar-refractivity contribution in [2.45, 2.75) is 134 Å². The highest BCUT2D eigenvalue weighted by Gasteiger charge is 2.79. The molecule has 1 saturated heterocycles. The lowest BCUT2D eigenvalue weighted by atomic mass is 9.42. The van der Waals surface area contributed by atoms with Gasteiger partial charge in [-0.1, -0.05) is 76.2 Å². The summed E-state index contributed by atoms with van der Waals surface area (Å²) in [7, 11) is 0. The SMILES string of the molecule is CC(=O)O[C@@]12CO[C@@H]1C[C@H](O)[C@@]1(C)[C@H](O)[C@H](O)[C@@H]3C(C)[C@@H](OC(=O)[C@H](OC(=O)COCC(=O)O)[C@@H](NC(=O)OC(C)(C)C)c4ccccc4)C[C@@](O)([C@@H](OC(=O)c4ccccc4)[C@H]21)C3(C)C. The number of ether oxygens (including phenoxy) is 7. The maximum Gasteiger partial charge on any atom is 0.408 e. The summed E-state index contributed by atoms with van der Waals surface area (Å²) in [5.41, 5.74) is -8.24. The molecule has 1 heterocycles. The van der Waals surface area contributed by atoms with E-state index in [1.807, 2.05) is 0 Å². The fourth-order valence-corrected chi connectivity index (χ4v) is 10.9. The number of aliphatic carboxylic acids is 1. The molecule has 6 rings (SSSR count). The van der Waals surface area contributed by atoms with Gasteiger partial charge in [0, 0.05) is 36.5 Å². The number of hydrogen-bond acceptors (Lipinski definition) is 17. The van der Waals surface area contributed by atoms with Crippen molar-refractivity contribution in [1.29, 1.82) is 0 Å². The van der Waals surface area contributed by atoms with Crippen LogP contribution in [0, 0.1) is 28.6 Å². The quantitative estimate of drug-likeness (QED) is 0.124. The number of rotatable bonds is 13. The lowest BCUT2D eigenvalue weighted by molar-refractivity contribution is -0.379. The number of fused-ring (bicyclic) bond motifs is 5. The van der Waals surface area contributed by atoms with E-state index in [1.165, 1.54) is 31.2 Å². The molecule has 4 aliphatic rings. The van der Waals surface area contributed by atoms with Crippen molar-refractivity contribution in [2.24, 2.45) is 28.6 Å². The summed E-state index contributed by atoms with van der Waals surface area (Å²) in [5.74, 6) is -9.27. The van der Waals surface area contributed by atoms with Gasteiger partial charge in [-0.2, -0.15) is 0 Å². The number of esters is 4. The van der Waals surface area contributed by atoms with Crippen molar-refractivity contribution < 1.29 is 87.5 Å². The molecule has 1 amide bonds. The first-order valence-corrected chi connectivity index (χ1v) is 21.9. The van der Waals surface area contributed by atoms with Crippen LogP contribution in [0.4, 0.5) is 4.79 Å². The zero-order valence-corrected chi connectivity index (χ0v) is 38.2. The van der Waals surface area contributed by atoms with Gasteiger partial charge in [0.15, 0.2) is 5.60 Å². The van der Waals surface area contributed by atoms with Gasteiger partial charge in [-0.05, 0) is 44.4 Å². The molecule has 1 unspecified atom stereocenters. The van der Waals surface area contributed by atoms with Crippen LogP contribution >= 0.6 is 0 Å². The zero-order valence-electron chi connectivity index (χ0n) is 38.2. The number of aliphatic hydroxyl groups is 4. The molecule has 3 saturated carbocycles. The predicted octanol–water partition coefficient (Wildman–Crippen LogP) is 2.64. The molecule has 1 aliphatic heterocycles. The minimum Gasteiger partial charge on any atom is -0.480 e. The molecule has 0 aromatic heterocycles. The number of carbonyl (C=O) groups is 6. The molecule has 2 aromatic carbocycles. The fraction of sp³-hybridized carbons (Fsp3) is 0.617. The van der Waals surface area contributed by atoms with Gasteiger partial charge in [0.05, 0.1) is 36.4 Å². The second kappa shape index (κ2) is 18.8. The number of hydrogen-bond donors (Lipinski definition) is 6. The van der Waals surface area contributed by atoms with E-state index in [1.54, 1.807) is 77.9 Å². The summed E-state index contributed by atoms with van der Waals surface area (Å²) in [6.45, 7) is 10.1. The van der Waals surface area contributed by atoms with Crippen molar-refractivity contribution in [3.63, 3.8) is 0 Å². The van der Waals surface area contributed by atoms with Crippen molar-refractivity contribution in [1.82, 2.24) is 5.32 Å². The van der Waals surface area contributed by atoms with Crippen LogP contribution in [0.25, 0.3) is 0 Å². The smallest absolute Gasteiger partial charge is 0.408 e. The van der Waals surface area contributed by atoms with Gasteiger partial charge in [0.1, 0.15) is 48.8 Å². The van der Waals surface area contributed by atoms with E-state index < -0.39 is 150 Å². The van der Waals surface area contributed by atoms with Crippen LogP contribution < -0.4 is 5.32 Å². The molecule has 2 aromatic rings. The van der Waals surface area contributed by atoms with Crippen LogP contribution in [-0.2, 0) is 52.3 Å². The van der Waals surface area contributed by atoms with Gasteiger partial charge in [0.25, 0.3) is 0 Å². The van der Waals surface area contributed by atoms with Crippen molar-refractivity contribution in [3.8, 4) is 0 Å². The normalized spacial score (nSPS) is 34.2. The van der Waals surface area contributed by atoms with Gasteiger partial charge in [0.2, 0.25) is 6.10 Å². The lowest BCUT2D eigenvalue weighted by Gasteiger charge is -2.70. The van der Waals surface area contributed by atoms with Crippen LogP contribution in [0.5, 0.6) is 0 Å². The van der Waals surface area contributed by atoms with Gasteiger partial charge in [-0.25, -0.2) is 24.0 Å². The molecule has 6 N–H and O–H groups in total. The third kappa shape index (κ3) is 9.38. The topological polar surface area (TPSA) is 280 Å². The second-order valence-corrected chi connectivity index (χ2v) is 19.6. The average Bonchev–Trinajstić information content (AvgIpc) is 3.23. The average molecular weight is 928 g/mol. The Bertz CT molecular complexity index is 2130. The standard InChI is InChI=1S/C47H61NO18/c1-24-28(62-41(57)36(63-32(53)22-60-21-31(51)52)34(26-15-11-9-12-16-26)48-42(58)66-43(3,4)5)20-47(59)39(64-40(56)27-17-13-10-14-18-27)37-45(8,38(55)35(54)33(24)44(47,6)7)29(50)19-30-46(37,23-61-30)65-25(2)49/h9-18,24,28-30,33-39,50,54-55,59H,19-23H2,1-8H3,(H,48,58)(H,51,52)/t24?,28-,29-,30+,33-,34-,35+,36+,37-,38+,39-,45+,46-,47+/m0/s1. The third-order valence-corrected chi connectivity index (χ3v) is 14.0. The Balaban J connectivity index is 1.49. The highest BCUT2D eigenvalue weighted by molar-refractivity contribution is 5.89. The monoisotopic (exact) mass is 927 g/mol. The van der Waals surface area contributed by atoms with Gasteiger partial charge >= 0.3 is 35.9 Å². The summed E-state index contributed by atoms with van der Waals surface area (Å²) in [6, 6.07) is 14.2. The largest absolute Gasteiger partial charge is 0.480 e. The Kier molecular flexibility index (Phi) is 14.3. The lowest BCUT2D eigenvalue weighted by Crippen LogP contribution is -2.83. The Labute approximate surface area is 382 Å². The van der Waals surface area contributed by atoms with Crippen LogP contribution in [-0.4, -0.2) is 141 Å². The third-order valence-electron chi connectivity index (χ3n) is 14.0. The number of alkyl carbamates (subject to hydrolysis) is 1. The molecular weight excluding hydrogens is 867 g/mol. The number of carbonyl (C=O) groups excluding carboxylic acids is 5. The molecule has 3 aliphatic carbocycles. The molecule has 2 bridgehead atoms. The number of aliphatic hydroxyl groups excluding tert-OH is 3. The highest BCUT2D eigenvalue weighted by Crippen LogP contribution is 2.66. The van der Waals surface area contributed by atoms with E-state index in [-0.39, 0.29) is 24.2 Å². The molecule has 0 radical (unpaired) electrons. The van der Waals surface area contributed by atoms with E-state index in [0.29, 0.717) is 0 Å². The Morgan fingerprint density at radius 3 is 2.09 bits per heavy atom. The van der Waals surface area contributed by atoms with Crippen LogP contribution in [0.2, 0.25) is 0 Å². The van der Waals surface area contributed by atoms with Crippen molar-refractivity contribution in [2.75, 3.05) is 19.8 Å². The Hall–Kier alpha value is -5.18. The maximum atomic E-state index is 14.9. The first kappa shape index (κ1) is 50.2. The molecule has 362 valence electrons. The minimum absolute atomic E-state index is 0.0627. The number of amides is 1. The first-order chi connectivity index (χ1) is 30.8. The maximum absolute atomic E-state index is 14.9. The molecule has 66 heavy (non-hydrogen) atoms. The van der Waals surface area contributed by atoms with Crippen LogP contribution in [0.3, 0.4) is 0 Å². The Morgan fingerprint density at radius 2 is 1.53 bits per heavy atom. The summed E-state index contributed by atoms with van der Waals surface area (Å²) in [4.78, 5) is 80.0. The van der Waals surface area contributed by atoms with E-state index in [2.05, 4.69) is 5.32 Å². The first-order valence-electron chi connectivity index (χ1n) is 21.9. The summed E-state index contributed by atoms with van der Waals surface area (Å²) < 4.78 is 40.7. The number of benzene rings is 2. The Morgan fingerprint density at radius 1 is 0.909 bits per heavy atom. The fourth-order valence-electron chi connectivity index (χ4n) is 10.9. The van der Waals surface area contributed by atoms with E-state index in [4.69, 9.17) is 38.3 Å². The molecule has 4 fully saturated rings. The van der Waals surface area contributed by atoms with Crippen molar-refractivity contribution in [3.05, 3.63) is 71.8 Å². The number of carboxylic acids is 1. The second-order valence-electron chi connectivity index (χ2n) is 19.6. The van der Waals surface area contributed by atoms with E-state index in [0.717, 1.165) is 6.92 Å². The molecule has 14 atom stereocenters. The number of carboxylic acid groups (broad SMARTS) is 1.